The Kier molecular flexibility index (Phi) is 5.19. The predicted octanol–water partition coefficient (Wildman–Crippen LogP) is 2.32. The normalized spacial score (nSPS) is 24.5. The van der Waals surface area contributed by atoms with Gasteiger partial charge >= 0.3 is 0 Å². The maximum atomic E-state index is 5.46. The molecule has 1 heterocycles. The highest BCUT2D eigenvalue weighted by Gasteiger charge is 2.32. The van der Waals surface area contributed by atoms with Crippen LogP contribution in [0.3, 0.4) is 0 Å². The molecule has 0 amide bonds. The summed E-state index contributed by atoms with van der Waals surface area (Å²) in [6.07, 6.45) is 1.38. The number of nitrogens with zero attached hydrogens (tertiary/aromatic N) is 1. The van der Waals surface area contributed by atoms with Gasteiger partial charge in [0.05, 0.1) is 6.10 Å². The van der Waals surface area contributed by atoms with Crippen LogP contribution in [-0.2, 0) is 11.2 Å². The fraction of sp³-hybridized carbons (Fsp3) is 0.647. The number of rotatable bonds is 5. The first-order chi connectivity index (χ1) is 9.50. The Labute approximate surface area is 123 Å². The molecule has 1 aromatic carbocycles. The summed E-state index contributed by atoms with van der Waals surface area (Å²) in [6, 6.07) is 11.3. The molecule has 0 aliphatic carbocycles. The van der Waals surface area contributed by atoms with E-state index < -0.39 is 0 Å². The van der Waals surface area contributed by atoms with Crippen LogP contribution in [0.4, 0.5) is 0 Å². The van der Waals surface area contributed by atoms with Crippen molar-refractivity contribution in [1.29, 1.82) is 0 Å². The topological polar surface area (TPSA) is 24.5 Å². The lowest BCUT2D eigenvalue weighted by molar-refractivity contribution is 0.0278. The molecule has 0 aromatic heterocycles. The maximum Gasteiger partial charge on any atom is 0.0670 e. The number of nitrogens with one attached hydrogen (secondary N) is 1. The van der Waals surface area contributed by atoms with Crippen LogP contribution in [0.25, 0.3) is 0 Å². The third-order valence-corrected chi connectivity index (χ3v) is 4.14. The first-order valence-corrected chi connectivity index (χ1v) is 7.56. The summed E-state index contributed by atoms with van der Waals surface area (Å²) in [5.74, 6) is 0. The Bertz CT molecular complexity index is 405. The molecule has 0 bridgehead atoms. The van der Waals surface area contributed by atoms with Gasteiger partial charge in [-0.15, -0.1) is 0 Å². The van der Waals surface area contributed by atoms with Crippen molar-refractivity contribution in [3.05, 3.63) is 35.9 Å². The van der Waals surface area contributed by atoms with Crippen molar-refractivity contribution in [1.82, 2.24) is 10.2 Å². The summed E-state index contributed by atoms with van der Waals surface area (Å²) < 4.78 is 5.46. The average Bonchev–Trinajstić information content (AvgIpc) is 2.42. The van der Waals surface area contributed by atoms with Gasteiger partial charge in [-0.05, 0) is 32.8 Å². The minimum Gasteiger partial charge on any atom is -0.380 e. The number of ether oxygens (including phenoxy) is 1. The van der Waals surface area contributed by atoms with Crippen LogP contribution in [0.1, 0.15) is 26.3 Å². The van der Waals surface area contributed by atoms with Gasteiger partial charge in [0.1, 0.15) is 0 Å². The van der Waals surface area contributed by atoms with Gasteiger partial charge in [0.25, 0.3) is 0 Å². The summed E-state index contributed by atoms with van der Waals surface area (Å²) in [5.41, 5.74) is 1.59. The van der Waals surface area contributed by atoms with Gasteiger partial charge in [0.2, 0.25) is 0 Å². The fourth-order valence-corrected chi connectivity index (χ4v) is 2.92. The predicted molar refractivity (Wildman–Crippen MR) is 84.1 cm³/mol. The first-order valence-electron chi connectivity index (χ1n) is 7.56. The number of hydrogen-bond acceptors (Lipinski definition) is 3. The van der Waals surface area contributed by atoms with Crippen molar-refractivity contribution < 1.29 is 4.74 Å². The summed E-state index contributed by atoms with van der Waals surface area (Å²) in [6.45, 7) is 9.80. The van der Waals surface area contributed by atoms with Crippen molar-refractivity contribution in [3.63, 3.8) is 0 Å². The lowest BCUT2D eigenvalue weighted by atomic mass is 9.95. The summed E-state index contributed by atoms with van der Waals surface area (Å²) >= 11 is 0. The highest BCUT2D eigenvalue weighted by molar-refractivity contribution is 5.16. The fourth-order valence-electron chi connectivity index (χ4n) is 2.92. The van der Waals surface area contributed by atoms with Gasteiger partial charge < -0.3 is 10.1 Å². The molecular formula is C17H28N2O. The lowest BCUT2D eigenvalue weighted by Crippen LogP contribution is -2.63. The van der Waals surface area contributed by atoms with Gasteiger partial charge in [0, 0.05) is 38.3 Å². The summed E-state index contributed by atoms with van der Waals surface area (Å²) in [5, 5.41) is 3.67. The first kappa shape index (κ1) is 15.5. The Balaban J connectivity index is 2.04. The Morgan fingerprint density at radius 3 is 2.70 bits per heavy atom. The van der Waals surface area contributed by atoms with E-state index in [1.807, 2.05) is 0 Å². The SMILES string of the molecule is COC(C)CN1CC(C)(C)NCC1Cc1ccccc1. The summed E-state index contributed by atoms with van der Waals surface area (Å²) in [7, 11) is 1.80. The second kappa shape index (κ2) is 6.70. The van der Waals surface area contributed by atoms with Crippen molar-refractivity contribution in [2.75, 3.05) is 26.7 Å². The van der Waals surface area contributed by atoms with E-state index in [2.05, 4.69) is 61.3 Å². The van der Waals surface area contributed by atoms with Crippen molar-refractivity contribution in [2.45, 2.75) is 44.9 Å². The quantitative estimate of drug-likeness (QED) is 0.893. The van der Waals surface area contributed by atoms with Crippen LogP contribution >= 0.6 is 0 Å². The molecule has 0 spiro atoms. The van der Waals surface area contributed by atoms with Gasteiger partial charge in [0.15, 0.2) is 0 Å². The molecule has 1 saturated heterocycles. The zero-order valence-electron chi connectivity index (χ0n) is 13.2. The van der Waals surface area contributed by atoms with Crippen molar-refractivity contribution in [3.8, 4) is 0 Å². The van der Waals surface area contributed by atoms with Gasteiger partial charge in [-0.2, -0.15) is 0 Å². The molecule has 1 N–H and O–H groups in total. The third kappa shape index (κ3) is 4.30. The van der Waals surface area contributed by atoms with Crippen LogP contribution < -0.4 is 5.32 Å². The number of methoxy groups -OCH3 is 1. The largest absolute Gasteiger partial charge is 0.380 e. The standard InChI is InChI=1S/C17H28N2O/c1-14(20-4)12-19-13-17(2,3)18-11-16(19)10-15-8-6-5-7-9-15/h5-9,14,16,18H,10-13H2,1-4H3. The van der Waals surface area contributed by atoms with Crippen LogP contribution in [0.2, 0.25) is 0 Å². The van der Waals surface area contributed by atoms with E-state index in [0.29, 0.717) is 6.04 Å². The molecule has 20 heavy (non-hydrogen) atoms. The Morgan fingerprint density at radius 2 is 2.05 bits per heavy atom. The lowest BCUT2D eigenvalue weighted by Gasteiger charge is -2.45. The van der Waals surface area contributed by atoms with E-state index in [1.165, 1.54) is 5.56 Å². The van der Waals surface area contributed by atoms with Crippen LogP contribution in [0.15, 0.2) is 30.3 Å². The second-order valence-electron chi connectivity index (χ2n) is 6.58. The van der Waals surface area contributed by atoms with E-state index in [1.54, 1.807) is 7.11 Å². The number of benzene rings is 1. The second-order valence-corrected chi connectivity index (χ2v) is 6.58. The molecule has 112 valence electrons. The Morgan fingerprint density at radius 1 is 1.35 bits per heavy atom. The van der Waals surface area contributed by atoms with Gasteiger partial charge in [-0.25, -0.2) is 0 Å². The number of piperazine rings is 1. The molecule has 3 nitrogen and oxygen atoms in total. The minimum atomic E-state index is 0.181. The Hall–Kier alpha value is -0.900. The molecule has 1 fully saturated rings. The van der Waals surface area contributed by atoms with E-state index in [0.717, 1.165) is 26.1 Å². The van der Waals surface area contributed by atoms with E-state index >= 15 is 0 Å². The smallest absolute Gasteiger partial charge is 0.0670 e. The minimum absolute atomic E-state index is 0.181. The van der Waals surface area contributed by atoms with Gasteiger partial charge in [-0.1, -0.05) is 30.3 Å². The maximum absolute atomic E-state index is 5.46. The molecule has 1 aromatic rings. The molecule has 2 atom stereocenters. The highest BCUT2D eigenvalue weighted by atomic mass is 16.5. The summed E-state index contributed by atoms with van der Waals surface area (Å²) in [4.78, 5) is 2.58. The molecule has 2 unspecified atom stereocenters. The van der Waals surface area contributed by atoms with Crippen LogP contribution in [0.5, 0.6) is 0 Å². The molecule has 1 aliphatic rings. The van der Waals surface area contributed by atoms with E-state index in [4.69, 9.17) is 4.74 Å². The van der Waals surface area contributed by atoms with Crippen LogP contribution in [0, 0.1) is 0 Å². The van der Waals surface area contributed by atoms with Gasteiger partial charge in [-0.3, -0.25) is 4.90 Å². The molecule has 1 aliphatic heterocycles. The average molecular weight is 276 g/mol. The third-order valence-electron chi connectivity index (χ3n) is 4.14. The van der Waals surface area contributed by atoms with Crippen molar-refractivity contribution >= 4 is 0 Å². The van der Waals surface area contributed by atoms with Crippen LogP contribution in [-0.4, -0.2) is 49.3 Å². The van der Waals surface area contributed by atoms with E-state index in [9.17, 15) is 0 Å². The molecule has 0 radical (unpaired) electrons. The zero-order valence-corrected chi connectivity index (χ0v) is 13.2. The van der Waals surface area contributed by atoms with Crippen molar-refractivity contribution in [2.24, 2.45) is 0 Å². The van der Waals surface area contributed by atoms with E-state index in [-0.39, 0.29) is 11.6 Å². The molecule has 0 saturated carbocycles. The number of hydrogen-bond donors (Lipinski definition) is 1. The zero-order chi connectivity index (χ0) is 14.6. The molecule has 2 rings (SSSR count). The molecule has 3 heteroatoms. The monoisotopic (exact) mass is 276 g/mol. The highest BCUT2D eigenvalue weighted by Crippen LogP contribution is 2.19. The molecular weight excluding hydrogens is 248 g/mol.